The largest absolute Gasteiger partial charge is 0.483 e. The van der Waals surface area contributed by atoms with Crippen molar-refractivity contribution in [3.05, 3.63) is 52.1 Å². The summed E-state index contributed by atoms with van der Waals surface area (Å²) >= 11 is 3.16. The number of amides is 1. The number of anilines is 1. The van der Waals surface area contributed by atoms with Gasteiger partial charge in [0.15, 0.2) is 6.61 Å². The molecule has 5 nitrogen and oxygen atoms in total. The molecule has 2 aromatic heterocycles. The van der Waals surface area contributed by atoms with Crippen LogP contribution in [0.15, 0.2) is 35.7 Å². The Kier molecular flexibility index (Phi) is 4.48. The number of benzene rings is 2. The van der Waals surface area contributed by atoms with E-state index in [0.29, 0.717) is 11.4 Å². The van der Waals surface area contributed by atoms with Crippen molar-refractivity contribution in [1.29, 1.82) is 5.26 Å². The number of nitrogens with one attached hydrogen (secondary N) is 1. The van der Waals surface area contributed by atoms with Crippen LogP contribution in [0.1, 0.15) is 10.6 Å². The van der Waals surface area contributed by atoms with Crippen LogP contribution in [0.4, 0.5) is 10.1 Å². The number of fused-ring (bicyclic) bond motifs is 3. The van der Waals surface area contributed by atoms with Crippen LogP contribution in [-0.2, 0) is 4.79 Å². The van der Waals surface area contributed by atoms with Gasteiger partial charge in [0, 0.05) is 17.1 Å². The van der Waals surface area contributed by atoms with E-state index in [-0.39, 0.29) is 12.2 Å². The summed E-state index contributed by atoms with van der Waals surface area (Å²) in [5.74, 6) is -0.399. The molecule has 8 heteroatoms. The third-order valence-corrected chi connectivity index (χ3v) is 5.74. The second-order valence-corrected chi connectivity index (χ2v) is 7.91. The molecule has 0 fully saturated rings. The predicted octanol–water partition coefficient (Wildman–Crippen LogP) is 4.85. The summed E-state index contributed by atoms with van der Waals surface area (Å²) in [6, 6.07) is 9.41. The highest BCUT2D eigenvalue weighted by atomic mass is 32.1. The fraction of sp³-hybridized carbons (Fsp3) is 0.105. The lowest BCUT2D eigenvalue weighted by Gasteiger charge is -2.09. The van der Waals surface area contributed by atoms with Crippen molar-refractivity contribution in [3.63, 3.8) is 0 Å². The molecule has 0 saturated heterocycles. The highest BCUT2D eigenvalue weighted by Crippen LogP contribution is 2.38. The molecule has 2 heterocycles. The lowest BCUT2D eigenvalue weighted by Crippen LogP contribution is -2.20. The third kappa shape index (κ3) is 3.35. The van der Waals surface area contributed by atoms with E-state index in [0.717, 1.165) is 31.4 Å². The Morgan fingerprint density at radius 3 is 3.04 bits per heavy atom. The molecule has 1 amide bonds. The first-order valence-corrected chi connectivity index (χ1v) is 9.64. The van der Waals surface area contributed by atoms with Gasteiger partial charge in [-0.15, -0.1) is 22.7 Å². The molecule has 1 N–H and O–H groups in total. The van der Waals surface area contributed by atoms with Gasteiger partial charge in [0.2, 0.25) is 0 Å². The van der Waals surface area contributed by atoms with Gasteiger partial charge in [0.25, 0.3) is 5.91 Å². The lowest BCUT2D eigenvalue weighted by molar-refractivity contribution is -0.118. The van der Waals surface area contributed by atoms with E-state index in [1.165, 1.54) is 12.1 Å². The summed E-state index contributed by atoms with van der Waals surface area (Å²) in [7, 11) is 0. The smallest absolute Gasteiger partial charge is 0.262 e. The van der Waals surface area contributed by atoms with E-state index < -0.39 is 11.7 Å². The van der Waals surface area contributed by atoms with Crippen molar-refractivity contribution in [1.82, 2.24) is 4.98 Å². The van der Waals surface area contributed by atoms with Crippen molar-refractivity contribution in [3.8, 4) is 11.8 Å². The number of carbonyl (C=O) groups is 1. The van der Waals surface area contributed by atoms with Crippen LogP contribution in [0.2, 0.25) is 0 Å². The molecule has 0 unspecified atom stereocenters. The molecule has 0 aliphatic heterocycles. The minimum absolute atomic E-state index is 0.125. The quantitative estimate of drug-likeness (QED) is 0.534. The second kappa shape index (κ2) is 6.95. The number of thiophene rings is 1. The van der Waals surface area contributed by atoms with Gasteiger partial charge < -0.3 is 10.1 Å². The van der Waals surface area contributed by atoms with Gasteiger partial charge in [-0.25, -0.2) is 9.37 Å². The Morgan fingerprint density at radius 1 is 1.37 bits per heavy atom. The molecule has 0 aliphatic carbocycles. The maximum Gasteiger partial charge on any atom is 0.262 e. The number of hydrogen-bond acceptors (Lipinski definition) is 6. The molecule has 134 valence electrons. The Balaban J connectivity index is 1.53. The van der Waals surface area contributed by atoms with Crippen molar-refractivity contribution in [2.24, 2.45) is 0 Å². The Labute approximate surface area is 161 Å². The Bertz CT molecular complexity index is 1220. The minimum atomic E-state index is -0.625. The van der Waals surface area contributed by atoms with Crippen LogP contribution in [0, 0.1) is 24.1 Å². The number of hydrogen-bond donors (Lipinski definition) is 1. The molecular formula is C19H12FN3O2S2. The molecule has 0 spiro atoms. The first kappa shape index (κ1) is 17.4. The number of aromatic nitrogens is 1. The Morgan fingerprint density at radius 2 is 2.22 bits per heavy atom. The summed E-state index contributed by atoms with van der Waals surface area (Å²) in [5, 5.41) is 15.3. The summed E-state index contributed by atoms with van der Waals surface area (Å²) < 4.78 is 21.1. The minimum Gasteiger partial charge on any atom is -0.483 e. The monoisotopic (exact) mass is 397 g/mol. The molecule has 0 aliphatic rings. The molecular weight excluding hydrogens is 385 g/mol. The van der Waals surface area contributed by atoms with Crippen LogP contribution in [0.25, 0.3) is 20.3 Å². The van der Waals surface area contributed by atoms with E-state index in [2.05, 4.69) is 10.3 Å². The fourth-order valence-electron chi connectivity index (χ4n) is 2.74. The standard InChI is InChI=1S/C19H12FN3O2S2/c1-10-22-18-16(27-10)7-15(13-4-5-26-19(13)18)25-9-17(24)23-12-2-3-14(20)11(6-12)8-21/h2-7H,9H2,1H3,(H,23,24). The number of thiazole rings is 1. The molecule has 0 bridgehead atoms. The van der Waals surface area contributed by atoms with E-state index in [1.807, 2.05) is 24.4 Å². The van der Waals surface area contributed by atoms with Crippen LogP contribution >= 0.6 is 22.7 Å². The molecule has 4 rings (SSSR count). The van der Waals surface area contributed by atoms with Crippen molar-refractivity contribution in [2.45, 2.75) is 6.92 Å². The summed E-state index contributed by atoms with van der Waals surface area (Å²) in [4.78, 5) is 16.8. The number of ether oxygens (including phenoxy) is 1. The van der Waals surface area contributed by atoms with Gasteiger partial charge in [-0.05, 0) is 36.6 Å². The summed E-state index contributed by atoms with van der Waals surface area (Å²) in [6.45, 7) is 1.75. The highest BCUT2D eigenvalue weighted by Gasteiger charge is 2.14. The zero-order valence-electron chi connectivity index (χ0n) is 14.1. The first-order chi connectivity index (χ1) is 13.0. The van der Waals surface area contributed by atoms with Crippen LogP contribution in [0.3, 0.4) is 0 Å². The number of nitrogens with zero attached hydrogens (tertiary/aromatic N) is 2. The number of carbonyl (C=O) groups excluding carboxylic acids is 1. The van der Waals surface area contributed by atoms with E-state index in [9.17, 15) is 9.18 Å². The van der Waals surface area contributed by atoms with Gasteiger partial charge in [0.1, 0.15) is 17.6 Å². The molecule has 2 aromatic carbocycles. The summed E-state index contributed by atoms with van der Waals surface area (Å²) in [6.07, 6.45) is 0. The molecule has 0 atom stereocenters. The average Bonchev–Trinajstić information content (AvgIpc) is 3.27. The van der Waals surface area contributed by atoms with Crippen LogP contribution < -0.4 is 10.1 Å². The molecule has 0 radical (unpaired) electrons. The molecule has 4 aromatic rings. The van der Waals surface area contributed by atoms with E-state index in [4.69, 9.17) is 10.00 Å². The number of halogens is 1. The van der Waals surface area contributed by atoms with Crippen molar-refractivity contribution >= 4 is 54.6 Å². The van der Waals surface area contributed by atoms with Gasteiger partial charge in [-0.2, -0.15) is 5.26 Å². The van der Waals surface area contributed by atoms with Crippen molar-refractivity contribution < 1.29 is 13.9 Å². The Hall–Kier alpha value is -3.02. The molecule has 27 heavy (non-hydrogen) atoms. The van der Waals surface area contributed by atoms with Crippen molar-refractivity contribution in [2.75, 3.05) is 11.9 Å². The number of nitriles is 1. The van der Waals surface area contributed by atoms with E-state index in [1.54, 1.807) is 28.7 Å². The van der Waals surface area contributed by atoms with Crippen LogP contribution in [-0.4, -0.2) is 17.5 Å². The lowest BCUT2D eigenvalue weighted by atomic mass is 10.2. The second-order valence-electron chi connectivity index (χ2n) is 5.76. The van der Waals surface area contributed by atoms with E-state index >= 15 is 0 Å². The predicted molar refractivity (Wildman–Crippen MR) is 105 cm³/mol. The van der Waals surface area contributed by atoms with Gasteiger partial charge in [-0.3, -0.25) is 4.79 Å². The SMILES string of the molecule is Cc1nc2c(cc(OCC(=O)Nc3ccc(F)c(C#N)c3)c3ccsc32)s1. The topological polar surface area (TPSA) is 75.0 Å². The van der Waals surface area contributed by atoms with Gasteiger partial charge in [-0.1, -0.05) is 0 Å². The highest BCUT2D eigenvalue weighted by molar-refractivity contribution is 7.21. The maximum atomic E-state index is 13.4. The normalized spacial score (nSPS) is 10.9. The zero-order chi connectivity index (χ0) is 19.0. The fourth-order valence-corrected chi connectivity index (χ4v) is 4.57. The molecule has 0 saturated carbocycles. The first-order valence-electron chi connectivity index (χ1n) is 7.95. The zero-order valence-corrected chi connectivity index (χ0v) is 15.7. The van der Waals surface area contributed by atoms with Gasteiger partial charge >= 0.3 is 0 Å². The van der Waals surface area contributed by atoms with Crippen LogP contribution in [0.5, 0.6) is 5.75 Å². The maximum absolute atomic E-state index is 13.4. The number of aryl methyl sites for hydroxylation is 1. The third-order valence-electron chi connectivity index (χ3n) is 3.90. The number of rotatable bonds is 4. The average molecular weight is 397 g/mol. The van der Waals surface area contributed by atoms with Gasteiger partial charge in [0.05, 0.1) is 25.5 Å². The summed E-state index contributed by atoms with van der Waals surface area (Å²) in [5.41, 5.74) is 1.17.